The normalized spacial score (nSPS) is 14.9. The molecule has 0 aliphatic carbocycles. The molecular weight excluding hydrogens is 404 g/mol. The Bertz CT molecular complexity index is 906. The van der Waals surface area contributed by atoms with Gasteiger partial charge in [0.25, 0.3) is 0 Å². The third-order valence-electron chi connectivity index (χ3n) is 5.77. The Kier molecular flexibility index (Phi) is 9.13. The highest BCUT2D eigenvalue weighted by molar-refractivity contribution is 5.95. The summed E-state index contributed by atoms with van der Waals surface area (Å²) in [6.45, 7) is 5.54. The summed E-state index contributed by atoms with van der Waals surface area (Å²) in [6, 6.07) is 16.1. The van der Waals surface area contributed by atoms with Crippen LogP contribution in [-0.4, -0.2) is 57.4 Å². The number of para-hydroxylation sites is 1. The molecule has 0 bridgehead atoms. The van der Waals surface area contributed by atoms with E-state index in [1.165, 1.54) is 0 Å². The molecule has 0 spiro atoms. The molecule has 1 aliphatic rings. The first-order valence-electron chi connectivity index (χ1n) is 11.2. The van der Waals surface area contributed by atoms with E-state index in [2.05, 4.69) is 17.3 Å². The Morgan fingerprint density at radius 2 is 1.97 bits per heavy atom. The average Bonchev–Trinajstić information content (AvgIpc) is 2.83. The summed E-state index contributed by atoms with van der Waals surface area (Å²) >= 11 is 0. The lowest BCUT2D eigenvalue weighted by Crippen LogP contribution is -2.38. The smallest absolute Gasteiger partial charge is 0.244 e. The molecule has 0 unspecified atom stereocenters. The lowest BCUT2D eigenvalue weighted by atomic mass is 10.1. The highest BCUT2D eigenvalue weighted by Gasteiger charge is 2.18. The van der Waals surface area contributed by atoms with E-state index in [-0.39, 0.29) is 5.91 Å². The zero-order chi connectivity index (χ0) is 22.8. The number of rotatable bonds is 10. The van der Waals surface area contributed by atoms with Crippen LogP contribution in [0.2, 0.25) is 0 Å². The number of hydrogen-bond acceptors (Lipinski definition) is 5. The zero-order valence-corrected chi connectivity index (χ0v) is 19.3. The van der Waals surface area contributed by atoms with Gasteiger partial charge in [0.2, 0.25) is 5.91 Å². The van der Waals surface area contributed by atoms with Gasteiger partial charge in [0.1, 0.15) is 18.1 Å². The number of amides is 1. The standard InChI is InChI=1S/C26H34N2O4/c1-20(24-9-4-5-10-25(24)30-3)17-26(29)27-19-21-7-6-8-23(18-21)32-16-13-28(2)22-11-14-31-15-12-22/h4-10,17-18,22H,11-16,19H2,1-3H3,(H,27,29). The Hall–Kier alpha value is -2.83. The van der Waals surface area contributed by atoms with Crippen molar-refractivity contribution in [2.24, 2.45) is 0 Å². The molecule has 0 atom stereocenters. The maximum atomic E-state index is 12.4. The van der Waals surface area contributed by atoms with Crippen molar-refractivity contribution < 1.29 is 19.0 Å². The van der Waals surface area contributed by atoms with E-state index in [1.54, 1.807) is 13.2 Å². The molecule has 1 fully saturated rings. The molecule has 32 heavy (non-hydrogen) atoms. The van der Waals surface area contributed by atoms with E-state index in [4.69, 9.17) is 14.2 Å². The fourth-order valence-corrected chi connectivity index (χ4v) is 3.85. The Labute approximate surface area is 191 Å². The van der Waals surface area contributed by atoms with Gasteiger partial charge in [-0.1, -0.05) is 30.3 Å². The minimum Gasteiger partial charge on any atom is -0.496 e. The van der Waals surface area contributed by atoms with Gasteiger partial charge in [-0.05, 0) is 56.1 Å². The summed E-state index contributed by atoms with van der Waals surface area (Å²) in [5, 5.41) is 2.95. The fourth-order valence-electron chi connectivity index (χ4n) is 3.85. The molecule has 1 saturated heterocycles. The molecule has 1 amide bonds. The lowest BCUT2D eigenvalue weighted by Gasteiger charge is -2.31. The third-order valence-corrected chi connectivity index (χ3v) is 5.77. The maximum Gasteiger partial charge on any atom is 0.244 e. The Morgan fingerprint density at radius 1 is 1.19 bits per heavy atom. The topological polar surface area (TPSA) is 60.0 Å². The molecule has 0 saturated carbocycles. The highest BCUT2D eigenvalue weighted by Crippen LogP contribution is 2.25. The fraction of sp³-hybridized carbons (Fsp3) is 0.423. The van der Waals surface area contributed by atoms with E-state index in [1.807, 2.05) is 55.5 Å². The van der Waals surface area contributed by atoms with Crippen LogP contribution in [-0.2, 0) is 16.1 Å². The first kappa shape index (κ1) is 23.8. The molecule has 2 aromatic carbocycles. The van der Waals surface area contributed by atoms with Gasteiger partial charge in [-0.3, -0.25) is 9.69 Å². The highest BCUT2D eigenvalue weighted by atomic mass is 16.5. The van der Waals surface area contributed by atoms with E-state index in [9.17, 15) is 4.79 Å². The van der Waals surface area contributed by atoms with Crippen molar-refractivity contribution in [3.05, 3.63) is 65.7 Å². The first-order chi connectivity index (χ1) is 15.6. The van der Waals surface area contributed by atoms with Crippen LogP contribution in [0.25, 0.3) is 5.57 Å². The molecule has 2 aromatic rings. The Morgan fingerprint density at radius 3 is 2.75 bits per heavy atom. The van der Waals surface area contributed by atoms with Crippen LogP contribution >= 0.6 is 0 Å². The van der Waals surface area contributed by atoms with E-state index in [0.717, 1.165) is 60.8 Å². The van der Waals surface area contributed by atoms with E-state index >= 15 is 0 Å². The number of hydrogen-bond donors (Lipinski definition) is 1. The number of benzene rings is 2. The van der Waals surface area contributed by atoms with Crippen LogP contribution in [0.3, 0.4) is 0 Å². The number of nitrogens with zero attached hydrogens (tertiary/aromatic N) is 1. The monoisotopic (exact) mass is 438 g/mol. The minimum atomic E-state index is -0.141. The number of allylic oxidation sites excluding steroid dienone is 1. The summed E-state index contributed by atoms with van der Waals surface area (Å²) in [5.74, 6) is 1.43. The summed E-state index contributed by atoms with van der Waals surface area (Å²) < 4.78 is 16.8. The minimum absolute atomic E-state index is 0.141. The van der Waals surface area contributed by atoms with Gasteiger partial charge >= 0.3 is 0 Å². The molecule has 172 valence electrons. The predicted molar refractivity (Wildman–Crippen MR) is 127 cm³/mol. The van der Waals surface area contributed by atoms with Crippen LogP contribution in [0, 0.1) is 0 Å². The van der Waals surface area contributed by atoms with Gasteiger partial charge in [0.05, 0.1) is 7.11 Å². The second-order valence-corrected chi connectivity index (χ2v) is 8.07. The van der Waals surface area contributed by atoms with Crippen molar-refractivity contribution in [3.63, 3.8) is 0 Å². The molecule has 0 aromatic heterocycles. The molecule has 1 heterocycles. The number of ether oxygens (including phenoxy) is 3. The van der Waals surface area contributed by atoms with Crippen molar-refractivity contribution >= 4 is 11.5 Å². The second kappa shape index (κ2) is 12.3. The van der Waals surface area contributed by atoms with Gasteiger partial charge in [0.15, 0.2) is 0 Å². The van der Waals surface area contributed by atoms with Crippen LogP contribution in [0.5, 0.6) is 11.5 Å². The van der Waals surface area contributed by atoms with Crippen LogP contribution in [0.1, 0.15) is 30.9 Å². The summed E-state index contributed by atoms with van der Waals surface area (Å²) in [5.41, 5.74) is 2.76. The third kappa shape index (κ3) is 7.11. The van der Waals surface area contributed by atoms with Crippen LogP contribution < -0.4 is 14.8 Å². The number of nitrogens with one attached hydrogen (secondary N) is 1. The quantitative estimate of drug-likeness (QED) is 0.570. The SMILES string of the molecule is COc1ccccc1C(C)=CC(=O)NCc1cccc(OCCN(C)C2CCOCC2)c1. The number of carbonyl (C=O) groups is 1. The average molecular weight is 439 g/mol. The van der Waals surface area contributed by atoms with Gasteiger partial charge in [-0.25, -0.2) is 0 Å². The summed E-state index contributed by atoms with van der Waals surface area (Å²) in [7, 11) is 3.77. The Balaban J connectivity index is 1.47. The second-order valence-electron chi connectivity index (χ2n) is 8.07. The van der Waals surface area contributed by atoms with Gasteiger partial charge in [0, 0.05) is 44.0 Å². The lowest BCUT2D eigenvalue weighted by molar-refractivity contribution is -0.116. The van der Waals surface area contributed by atoms with Crippen molar-refractivity contribution in [3.8, 4) is 11.5 Å². The number of carbonyl (C=O) groups excluding carboxylic acids is 1. The number of likely N-dealkylation sites (N-methyl/N-ethyl adjacent to an activating group) is 1. The van der Waals surface area contributed by atoms with E-state index in [0.29, 0.717) is 19.2 Å². The maximum absolute atomic E-state index is 12.4. The van der Waals surface area contributed by atoms with Crippen molar-refractivity contribution in [1.82, 2.24) is 10.2 Å². The summed E-state index contributed by atoms with van der Waals surface area (Å²) in [4.78, 5) is 14.8. The van der Waals surface area contributed by atoms with E-state index < -0.39 is 0 Å². The molecular formula is C26H34N2O4. The van der Waals surface area contributed by atoms with Gasteiger partial charge in [-0.15, -0.1) is 0 Å². The summed E-state index contributed by atoms with van der Waals surface area (Å²) in [6.07, 6.45) is 3.76. The van der Waals surface area contributed by atoms with Crippen LogP contribution in [0.15, 0.2) is 54.6 Å². The molecule has 1 N–H and O–H groups in total. The zero-order valence-electron chi connectivity index (χ0n) is 19.3. The van der Waals surface area contributed by atoms with Gasteiger partial charge < -0.3 is 19.5 Å². The van der Waals surface area contributed by atoms with Crippen LogP contribution in [0.4, 0.5) is 0 Å². The van der Waals surface area contributed by atoms with Crippen molar-refractivity contribution in [2.45, 2.75) is 32.4 Å². The molecule has 3 rings (SSSR count). The largest absolute Gasteiger partial charge is 0.496 e. The van der Waals surface area contributed by atoms with Crippen molar-refractivity contribution in [2.75, 3.05) is 40.5 Å². The molecule has 6 nitrogen and oxygen atoms in total. The molecule has 0 radical (unpaired) electrons. The van der Waals surface area contributed by atoms with Gasteiger partial charge in [-0.2, -0.15) is 0 Å². The molecule has 1 aliphatic heterocycles. The number of methoxy groups -OCH3 is 1. The first-order valence-corrected chi connectivity index (χ1v) is 11.2. The predicted octanol–water partition coefficient (Wildman–Crippen LogP) is 3.90. The molecule has 6 heteroatoms. The van der Waals surface area contributed by atoms with Crippen molar-refractivity contribution in [1.29, 1.82) is 0 Å².